The summed E-state index contributed by atoms with van der Waals surface area (Å²) in [6, 6.07) is -0.188. The number of amides is 1. The third-order valence-corrected chi connectivity index (χ3v) is 4.78. The summed E-state index contributed by atoms with van der Waals surface area (Å²) in [5, 5.41) is 11.4. The molecule has 1 aliphatic heterocycles. The first-order valence-electron chi connectivity index (χ1n) is 6.67. The summed E-state index contributed by atoms with van der Waals surface area (Å²) in [6.45, 7) is 2.49. The predicted molar refractivity (Wildman–Crippen MR) is 73.6 cm³/mol. The van der Waals surface area contributed by atoms with Gasteiger partial charge in [-0.15, -0.1) is 0 Å². The van der Waals surface area contributed by atoms with Crippen LogP contribution in [-0.2, 0) is 19.6 Å². The molecule has 20 heavy (non-hydrogen) atoms. The Labute approximate surface area is 119 Å². The van der Waals surface area contributed by atoms with E-state index >= 15 is 0 Å². The summed E-state index contributed by atoms with van der Waals surface area (Å²) in [4.78, 5) is 22.4. The fourth-order valence-corrected chi connectivity index (χ4v) is 3.10. The van der Waals surface area contributed by atoms with Crippen molar-refractivity contribution in [2.75, 3.05) is 19.3 Å². The SMILES string of the molecule is CC(CCC(=O)O)NC(=O)C1CCN(S(C)(=O)=O)CC1. The molecule has 1 fully saturated rings. The molecule has 0 aliphatic carbocycles. The number of nitrogens with zero attached hydrogens (tertiary/aromatic N) is 1. The van der Waals surface area contributed by atoms with Crippen molar-refractivity contribution in [1.82, 2.24) is 9.62 Å². The molecular weight excluding hydrogens is 284 g/mol. The normalized spacial score (nSPS) is 19.5. The largest absolute Gasteiger partial charge is 0.481 e. The van der Waals surface area contributed by atoms with Gasteiger partial charge >= 0.3 is 5.97 Å². The lowest BCUT2D eigenvalue weighted by Gasteiger charge is -2.30. The van der Waals surface area contributed by atoms with Gasteiger partial charge < -0.3 is 10.4 Å². The standard InChI is InChI=1S/C12H22N2O5S/c1-9(3-4-11(15)16)13-12(17)10-5-7-14(8-6-10)20(2,18)19/h9-10H,3-8H2,1-2H3,(H,13,17)(H,15,16). The second kappa shape index (κ2) is 7.03. The third kappa shape index (κ3) is 5.46. The molecule has 0 aromatic carbocycles. The molecule has 7 nitrogen and oxygen atoms in total. The Bertz CT molecular complexity index is 454. The molecule has 1 amide bonds. The van der Waals surface area contributed by atoms with Gasteiger partial charge in [-0.1, -0.05) is 0 Å². The summed E-state index contributed by atoms with van der Waals surface area (Å²) in [5.41, 5.74) is 0. The van der Waals surface area contributed by atoms with Crippen LogP contribution in [0.4, 0.5) is 0 Å². The van der Waals surface area contributed by atoms with Gasteiger partial charge in [-0.2, -0.15) is 0 Å². The van der Waals surface area contributed by atoms with Gasteiger partial charge in [-0.05, 0) is 26.2 Å². The molecule has 1 heterocycles. The summed E-state index contributed by atoms with van der Waals surface area (Å²) < 4.78 is 24.1. The van der Waals surface area contributed by atoms with E-state index in [0.29, 0.717) is 32.4 Å². The Kier molecular flexibility index (Phi) is 5.94. The van der Waals surface area contributed by atoms with Crippen molar-refractivity contribution >= 4 is 21.9 Å². The minimum Gasteiger partial charge on any atom is -0.481 e. The van der Waals surface area contributed by atoms with Crippen molar-refractivity contribution in [3.05, 3.63) is 0 Å². The third-order valence-electron chi connectivity index (χ3n) is 3.47. The van der Waals surface area contributed by atoms with Gasteiger partial charge in [-0.25, -0.2) is 12.7 Å². The lowest BCUT2D eigenvalue weighted by Crippen LogP contribution is -2.44. The van der Waals surface area contributed by atoms with Gasteiger partial charge in [0.15, 0.2) is 0 Å². The van der Waals surface area contributed by atoms with Gasteiger partial charge in [0.05, 0.1) is 6.26 Å². The number of carbonyl (C=O) groups is 2. The number of hydrogen-bond donors (Lipinski definition) is 2. The molecule has 0 aromatic rings. The van der Waals surface area contributed by atoms with Gasteiger partial charge in [0, 0.05) is 31.5 Å². The Morgan fingerprint density at radius 2 is 1.90 bits per heavy atom. The number of rotatable bonds is 6. The molecule has 1 rings (SSSR count). The molecule has 0 spiro atoms. The van der Waals surface area contributed by atoms with E-state index in [1.165, 1.54) is 10.6 Å². The van der Waals surface area contributed by atoms with Crippen LogP contribution in [0.2, 0.25) is 0 Å². The Balaban J connectivity index is 2.37. The molecule has 2 N–H and O–H groups in total. The highest BCUT2D eigenvalue weighted by atomic mass is 32.2. The predicted octanol–water partition coefficient (Wildman–Crippen LogP) is 0.0275. The van der Waals surface area contributed by atoms with Crippen molar-refractivity contribution in [2.45, 2.75) is 38.6 Å². The molecule has 0 bridgehead atoms. The van der Waals surface area contributed by atoms with E-state index in [2.05, 4.69) is 5.32 Å². The zero-order valence-electron chi connectivity index (χ0n) is 11.8. The maximum Gasteiger partial charge on any atom is 0.303 e. The molecule has 0 radical (unpaired) electrons. The highest BCUT2D eigenvalue weighted by Crippen LogP contribution is 2.19. The molecule has 1 aliphatic rings. The van der Waals surface area contributed by atoms with Crippen molar-refractivity contribution in [3.8, 4) is 0 Å². The number of carbonyl (C=O) groups excluding carboxylic acids is 1. The van der Waals surface area contributed by atoms with E-state index in [1.54, 1.807) is 6.92 Å². The highest BCUT2D eigenvalue weighted by Gasteiger charge is 2.29. The van der Waals surface area contributed by atoms with Crippen LogP contribution in [-0.4, -0.2) is 55.1 Å². The molecular formula is C12H22N2O5S. The number of aliphatic carboxylic acids is 1. The van der Waals surface area contributed by atoms with Crippen LogP contribution in [0, 0.1) is 5.92 Å². The zero-order chi connectivity index (χ0) is 15.3. The minimum atomic E-state index is -3.18. The van der Waals surface area contributed by atoms with E-state index in [1.807, 2.05) is 0 Å². The van der Waals surface area contributed by atoms with Crippen molar-refractivity contribution in [3.63, 3.8) is 0 Å². The molecule has 0 saturated carbocycles. The zero-order valence-corrected chi connectivity index (χ0v) is 12.6. The number of piperidine rings is 1. The number of carboxylic acid groups (broad SMARTS) is 1. The molecule has 1 saturated heterocycles. The van der Waals surface area contributed by atoms with Gasteiger partial charge in [-0.3, -0.25) is 9.59 Å². The Hall–Kier alpha value is -1.15. The van der Waals surface area contributed by atoms with Crippen LogP contribution >= 0.6 is 0 Å². The topological polar surface area (TPSA) is 104 Å². The lowest BCUT2D eigenvalue weighted by molar-refractivity contribution is -0.137. The number of carboxylic acids is 1. The first kappa shape index (κ1) is 16.9. The van der Waals surface area contributed by atoms with Crippen LogP contribution in [0.3, 0.4) is 0 Å². The molecule has 1 unspecified atom stereocenters. The first-order chi connectivity index (χ1) is 9.20. The van der Waals surface area contributed by atoms with Crippen LogP contribution in [0.15, 0.2) is 0 Å². The van der Waals surface area contributed by atoms with Crippen LogP contribution < -0.4 is 5.32 Å². The van der Waals surface area contributed by atoms with E-state index in [-0.39, 0.29) is 24.3 Å². The van der Waals surface area contributed by atoms with Crippen LogP contribution in [0.1, 0.15) is 32.6 Å². The van der Waals surface area contributed by atoms with Crippen LogP contribution in [0.5, 0.6) is 0 Å². The molecule has 116 valence electrons. The molecule has 0 aromatic heterocycles. The Morgan fingerprint density at radius 3 is 2.35 bits per heavy atom. The van der Waals surface area contributed by atoms with Crippen molar-refractivity contribution in [1.29, 1.82) is 0 Å². The summed E-state index contributed by atoms with van der Waals surface area (Å²) >= 11 is 0. The lowest BCUT2D eigenvalue weighted by atomic mass is 9.96. The molecule has 8 heteroatoms. The van der Waals surface area contributed by atoms with Crippen molar-refractivity contribution < 1.29 is 23.1 Å². The number of nitrogens with one attached hydrogen (secondary N) is 1. The average Bonchev–Trinajstić information content (AvgIpc) is 2.35. The second-order valence-corrected chi connectivity index (χ2v) is 7.26. The monoisotopic (exact) mass is 306 g/mol. The van der Waals surface area contributed by atoms with Gasteiger partial charge in [0.25, 0.3) is 0 Å². The van der Waals surface area contributed by atoms with E-state index in [0.717, 1.165) is 0 Å². The van der Waals surface area contributed by atoms with E-state index in [9.17, 15) is 18.0 Å². The summed E-state index contributed by atoms with van der Waals surface area (Å²) in [5.74, 6) is -1.19. The van der Waals surface area contributed by atoms with Crippen LogP contribution in [0.25, 0.3) is 0 Å². The first-order valence-corrected chi connectivity index (χ1v) is 8.52. The fourth-order valence-electron chi connectivity index (χ4n) is 2.22. The quantitative estimate of drug-likeness (QED) is 0.720. The van der Waals surface area contributed by atoms with Gasteiger partial charge in [0.1, 0.15) is 0 Å². The minimum absolute atomic E-state index is 0.0218. The summed E-state index contributed by atoms with van der Waals surface area (Å²) in [7, 11) is -3.18. The van der Waals surface area contributed by atoms with Gasteiger partial charge in [0.2, 0.25) is 15.9 Å². The maximum absolute atomic E-state index is 12.0. The number of sulfonamides is 1. The number of hydrogen-bond acceptors (Lipinski definition) is 4. The average molecular weight is 306 g/mol. The fraction of sp³-hybridized carbons (Fsp3) is 0.833. The highest BCUT2D eigenvalue weighted by molar-refractivity contribution is 7.88. The van der Waals surface area contributed by atoms with E-state index in [4.69, 9.17) is 5.11 Å². The van der Waals surface area contributed by atoms with Crippen molar-refractivity contribution in [2.24, 2.45) is 5.92 Å². The second-order valence-electron chi connectivity index (χ2n) is 5.28. The maximum atomic E-state index is 12.0. The smallest absolute Gasteiger partial charge is 0.303 e. The molecule has 1 atom stereocenters. The van der Waals surface area contributed by atoms with E-state index < -0.39 is 16.0 Å². The Morgan fingerprint density at radius 1 is 1.35 bits per heavy atom. The summed E-state index contributed by atoms with van der Waals surface area (Å²) in [6.07, 6.45) is 2.59.